The van der Waals surface area contributed by atoms with Crippen LogP contribution in [-0.2, 0) is 16.0 Å². The highest BCUT2D eigenvalue weighted by Gasteiger charge is 2.45. The number of hydrazine groups is 1. The first-order valence-electron chi connectivity index (χ1n) is 12.5. The summed E-state index contributed by atoms with van der Waals surface area (Å²) in [5.74, 6) is 0.842. The van der Waals surface area contributed by atoms with Crippen molar-refractivity contribution in [2.45, 2.75) is 46.1 Å². The van der Waals surface area contributed by atoms with Crippen LogP contribution in [0.25, 0.3) is 0 Å². The molecule has 2 aromatic carbocycles. The molecule has 3 unspecified atom stereocenters. The summed E-state index contributed by atoms with van der Waals surface area (Å²) in [5.41, 5.74) is 8.52. The average molecular weight is 504 g/mol. The highest BCUT2D eigenvalue weighted by atomic mass is 16.5. The topological polar surface area (TPSA) is 113 Å². The molecule has 37 heavy (non-hydrogen) atoms. The molecule has 5 rings (SSSR count). The van der Waals surface area contributed by atoms with Crippen LogP contribution in [0.4, 0.5) is 11.5 Å². The van der Waals surface area contributed by atoms with E-state index >= 15 is 0 Å². The maximum Gasteiger partial charge on any atom is 0.230 e. The molecule has 10 heteroatoms. The van der Waals surface area contributed by atoms with E-state index in [2.05, 4.69) is 46.4 Å². The van der Waals surface area contributed by atoms with Gasteiger partial charge in [0.05, 0.1) is 24.4 Å². The molecule has 2 aliphatic heterocycles. The van der Waals surface area contributed by atoms with Gasteiger partial charge in [-0.2, -0.15) is 5.10 Å². The Kier molecular flexibility index (Phi) is 6.86. The van der Waals surface area contributed by atoms with E-state index in [1.54, 1.807) is 17.9 Å². The van der Waals surface area contributed by atoms with Crippen molar-refractivity contribution in [3.8, 4) is 5.75 Å². The summed E-state index contributed by atoms with van der Waals surface area (Å²) < 4.78 is 6.82. The number of ether oxygens (including phenoxy) is 1. The molecule has 2 fully saturated rings. The Morgan fingerprint density at radius 1 is 1.16 bits per heavy atom. The number of fused-ring (bicyclic) bond motifs is 1. The highest BCUT2D eigenvalue weighted by Crippen LogP contribution is 2.31. The van der Waals surface area contributed by atoms with Crippen molar-refractivity contribution < 1.29 is 14.3 Å². The monoisotopic (exact) mass is 503 g/mol. The van der Waals surface area contributed by atoms with Gasteiger partial charge in [0.15, 0.2) is 6.29 Å². The zero-order chi connectivity index (χ0) is 26.1. The Hall–Kier alpha value is -3.89. The Morgan fingerprint density at radius 2 is 1.95 bits per heavy atom. The molecule has 1 aromatic heterocycles. The van der Waals surface area contributed by atoms with Gasteiger partial charge in [0, 0.05) is 19.0 Å². The summed E-state index contributed by atoms with van der Waals surface area (Å²) in [6.45, 7) is 6.54. The first-order valence-corrected chi connectivity index (χ1v) is 12.5. The Balaban J connectivity index is 1.30. The summed E-state index contributed by atoms with van der Waals surface area (Å²) >= 11 is 0. The maximum atomic E-state index is 13.1. The summed E-state index contributed by atoms with van der Waals surface area (Å²) in [7, 11) is 1.63. The van der Waals surface area contributed by atoms with Crippen LogP contribution in [-0.4, -0.2) is 41.4 Å². The van der Waals surface area contributed by atoms with Crippen molar-refractivity contribution in [3.05, 3.63) is 70.9 Å². The number of hydrogen-bond donors (Lipinski definition) is 4. The number of amides is 2. The summed E-state index contributed by atoms with van der Waals surface area (Å²) in [4.78, 5) is 25.9. The molecule has 0 bridgehead atoms. The van der Waals surface area contributed by atoms with Gasteiger partial charge in [-0.25, -0.2) is 10.1 Å². The number of hydrogen-bond acceptors (Lipinski definition) is 7. The molecule has 0 saturated carbocycles. The van der Waals surface area contributed by atoms with Crippen LogP contribution in [0.15, 0.2) is 48.5 Å². The number of aryl methyl sites for hydroxylation is 3. The van der Waals surface area contributed by atoms with Crippen LogP contribution in [0.3, 0.4) is 0 Å². The van der Waals surface area contributed by atoms with Gasteiger partial charge in [-0.3, -0.25) is 19.9 Å². The highest BCUT2D eigenvalue weighted by molar-refractivity contribution is 5.90. The number of methoxy groups -OCH3 is 1. The largest absolute Gasteiger partial charge is 0.497 e. The standard InChI is InChI=1S/C27H33N7O3/c1-16-6-5-7-22(18(16)3)33-25-21(15-28-33)26(36)31-27(30-25)34-23(14-17(2)32-34)29-24(35)13-10-19-8-11-20(37-4)12-9-19/h5-9,11-12,14,21,25,27-28,30H,10,13,15H2,1-4H3,(H,29,35)(H,31,36). The van der Waals surface area contributed by atoms with E-state index in [4.69, 9.17) is 4.74 Å². The fourth-order valence-electron chi connectivity index (χ4n) is 4.88. The van der Waals surface area contributed by atoms with E-state index in [9.17, 15) is 9.59 Å². The number of benzene rings is 2. The smallest absolute Gasteiger partial charge is 0.230 e. The number of nitrogens with one attached hydrogen (secondary N) is 4. The number of nitrogens with zero attached hydrogens (tertiary/aromatic N) is 3. The fraction of sp³-hybridized carbons (Fsp3) is 0.370. The normalized spacial score (nSPS) is 20.9. The first-order chi connectivity index (χ1) is 17.8. The minimum absolute atomic E-state index is 0.0704. The average Bonchev–Trinajstić information content (AvgIpc) is 3.48. The van der Waals surface area contributed by atoms with Crippen LogP contribution >= 0.6 is 0 Å². The first kappa shape index (κ1) is 24.8. The van der Waals surface area contributed by atoms with Crippen molar-refractivity contribution in [2.75, 3.05) is 24.0 Å². The van der Waals surface area contributed by atoms with Gasteiger partial charge in [0.2, 0.25) is 11.8 Å². The maximum absolute atomic E-state index is 13.1. The molecule has 2 saturated heterocycles. The van der Waals surface area contributed by atoms with Gasteiger partial charge >= 0.3 is 0 Å². The third-order valence-electron chi connectivity index (χ3n) is 7.09. The Bertz CT molecular complexity index is 1300. The van der Waals surface area contributed by atoms with E-state index in [-0.39, 0.29) is 23.9 Å². The van der Waals surface area contributed by atoms with Gasteiger partial charge in [0.25, 0.3) is 0 Å². The zero-order valence-corrected chi connectivity index (χ0v) is 21.5. The molecule has 3 atom stereocenters. The lowest BCUT2D eigenvalue weighted by Gasteiger charge is -2.38. The molecule has 4 N–H and O–H groups in total. The molecule has 0 spiro atoms. The number of carbonyl (C=O) groups is 2. The van der Waals surface area contributed by atoms with E-state index in [0.29, 0.717) is 25.2 Å². The van der Waals surface area contributed by atoms with Gasteiger partial charge in [-0.1, -0.05) is 24.3 Å². The molecule has 3 heterocycles. The molecule has 2 aliphatic rings. The minimum Gasteiger partial charge on any atom is -0.497 e. The van der Waals surface area contributed by atoms with E-state index in [1.165, 1.54) is 5.56 Å². The van der Waals surface area contributed by atoms with Crippen molar-refractivity contribution in [1.29, 1.82) is 0 Å². The quantitative estimate of drug-likeness (QED) is 0.392. The lowest BCUT2D eigenvalue weighted by atomic mass is 10.0. The minimum atomic E-state index is -0.619. The second kappa shape index (κ2) is 10.2. The summed E-state index contributed by atoms with van der Waals surface area (Å²) in [6.07, 6.45) is 0.0201. The summed E-state index contributed by atoms with van der Waals surface area (Å²) in [6, 6.07) is 15.6. The molecule has 0 aliphatic carbocycles. The SMILES string of the molecule is COc1ccc(CCC(=O)Nc2cc(C)nn2C2NC(=O)C3CNN(c4cccc(C)c4C)C3N2)cc1. The molecule has 2 amide bonds. The second-order valence-electron chi connectivity index (χ2n) is 9.59. The van der Waals surface area contributed by atoms with E-state index < -0.39 is 6.29 Å². The van der Waals surface area contributed by atoms with Crippen LogP contribution in [0.5, 0.6) is 5.75 Å². The van der Waals surface area contributed by atoms with E-state index in [1.807, 2.05) is 48.3 Å². The number of carbonyl (C=O) groups excluding carboxylic acids is 2. The van der Waals surface area contributed by atoms with Crippen LogP contribution in [0.1, 0.15) is 35.1 Å². The van der Waals surface area contributed by atoms with Crippen LogP contribution in [0.2, 0.25) is 0 Å². The van der Waals surface area contributed by atoms with E-state index in [0.717, 1.165) is 28.3 Å². The van der Waals surface area contributed by atoms with Crippen molar-refractivity contribution >= 4 is 23.3 Å². The molecule has 0 radical (unpaired) electrons. The Labute approximate surface area is 216 Å². The van der Waals surface area contributed by atoms with Gasteiger partial charge in [-0.15, -0.1) is 0 Å². The molecular formula is C27H33N7O3. The molecule has 3 aromatic rings. The third kappa shape index (κ3) is 5.03. The van der Waals surface area contributed by atoms with Crippen molar-refractivity contribution in [2.24, 2.45) is 5.92 Å². The molecule has 10 nitrogen and oxygen atoms in total. The predicted octanol–water partition coefficient (Wildman–Crippen LogP) is 2.53. The van der Waals surface area contributed by atoms with Crippen LogP contribution in [0, 0.1) is 26.7 Å². The van der Waals surface area contributed by atoms with Gasteiger partial charge in [0.1, 0.15) is 17.7 Å². The lowest BCUT2D eigenvalue weighted by molar-refractivity contribution is -0.129. The molecule has 194 valence electrons. The Morgan fingerprint density at radius 3 is 2.70 bits per heavy atom. The number of anilines is 2. The van der Waals surface area contributed by atoms with Gasteiger partial charge in [-0.05, 0) is 62.1 Å². The third-order valence-corrected chi connectivity index (χ3v) is 7.09. The number of rotatable bonds is 7. The summed E-state index contributed by atoms with van der Waals surface area (Å²) in [5, 5.41) is 16.1. The van der Waals surface area contributed by atoms with Gasteiger partial charge < -0.3 is 15.4 Å². The predicted molar refractivity (Wildman–Crippen MR) is 141 cm³/mol. The zero-order valence-electron chi connectivity index (χ0n) is 21.5. The molecular weight excluding hydrogens is 470 g/mol. The second-order valence-corrected chi connectivity index (χ2v) is 9.59. The lowest BCUT2D eigenvalue weighted by Crippen LogP contribution is -2.62. The van der Waals surface area contributed by atoms with Crippen molar-refractivity contribution in [1.82, 2.24) is 25.8 Å². The fourth-order valence-corrected chi connectivity index (χ4v) is 4.88. The van der Waals surface area contributed by atoms with Crippen molar-refractivity contribution in [3.63, 3.8) is 0 Å². The number of aromatic nitrogens is 2. The van der Waals surface area contributed by atoms with Crippen LogP contribution < -0.4 is 31.1 Å².